The van der Waals surface area contributed by atoms with Crippen molar-refractivity contribution in [2.75, 3.05) is 5.88 Å². The Balaban J connectivity index is 2.83. The minimum absolute atomic E-state index is 0.176. The molecule has 0 N–H and O–H groups in total. The zero-order valence-corrected chi connectivity index (χ0v) is 15.3. The molecule has 0 saturated heterocycles. The van der Waals surface area contributed by atoms with Crippen molar-refractivity contribution in [1.29, 1.82) is 0 Å². The van der Waals surface area contributed by atoms with Gasteiger partial charge < -0.3 is 0 Å². The smallest absolute Gasteiger partial charge is 0.0784 e. The number of nitrogens with zero attached hydrogens (tertiary/aromatic N) is 2. The molecule has 0 aromatic carbocycles. The van der Waals surface area contributed by atoms with Crippen LogP contribution in [0, 0.1) is 0 Å². The zero-order chi connectivity index (χ0) is 16.0. The Morgan fingerprint density at radius 2 is 2.14 bits per heavy atom. The molecule has 0 aromatic heterocycles. The summed E-state index contributed by atoms with van der Waals surface area (Å²) >= 11 is 18.2. The van der Waals surface area contributed by atoms with Gasteiger partial charge in [0, 0.05) is 29.1 Å². The number of hydrazone groups is 1. The highest BCUT2D eigenvalue weighted by atomic mass is 35.5. The average molecular weight is 352 g/mol. The summed E-state index contributed by atoms with van der Waals surface area (Å²) in [7, 11) is 0. The lowest BCUT2D eigenvalue weighted by molar-refractivity contribution is 0.312. The third-order valence-electron chi connectivity index (χ3n) is 3.71. The fourth-order valence-electron chi connectivity index (χ4n) is 2.49. The molecule has 5 heteroatoms. The van der Waals surface area contributed by atoms with Gasteiger partial charge in [0.25, 0.3) is 0 Å². The Kier molecular flexibility index (Phi) is 8.15. The van der Waals surface area contributed by atoms with Gasteiger partial charge in [-0.15, -0.1) is 34.8 Å². The fraction of sp³-hybridized carbons (Fsp3) is 0.688. The van der Waals surface area contributed by atoms with Crippen LogP contribution in [0.5, 0.6) is 0 Å². The maximum atomic E-state index is 6.36. The van der Waals surface area contributed by atoms with E-state index in [0.29, 0.717) is 12.3 Å². The van der Waals surface area contributed by atoms with Crippen molar-refractivity contribution in [2.45, 2.75) is 63.3 Å². The van der Waals surface area contributed by atoms with E-state index in [2.05, 4.69) is 24.7 Å². The lowest BCUT2D eigenvalue weighted by Gasteiger charge is -2.30. The normalized spacial score (nSPS) is 22.2. The highest BCUT2D eigenvalue weighted by molar-refractivity contribution is 6.23. The van der Waals surface area contributed by atoms with Gasteiger partial charge in [-0.05, 0) is 45.6 Å². The quantitative estimate of drug-likeness (QED) is 0.414. The Bertz CT molecular complexity index is 416. The summed E-state index contributed by atoms with van der Waals surface area (Å²) in [5, 5.41) is 6.60. The van der Waals surface area contributed by atoms with Crippen molar-refractivity contribution >= 4 is 40.5 Å². The molecule has 0 amide bonds. The topological polar surface area (TPSA) is 15.6 Å². The SMILES string of the molecule is C=C(C(Cl)CCCl)N1N=C(C)CC1/C(=C/C)CCC(C)Cl. The molecule has 0 saturated carbocycles. The molecule has 0 bridgehead atoms. The van der Waals surface area contributed by atoms with E-state index < -0.39 is 0 Å². The fourth-order valence-corrected chi connectivity index (χ4v) is 3.14. The molecule has 120 valence electrons. The van der Waals surface area contributed by atoms with Crippen molar-refractivity contribution < 1.29 is 0 Å². The summed E-state index contributed by atoms with van der Waals surface area (Å²) in [5.74, 6) is 0.522. The van der Waals surface area contributed by atoms with E-state index in [9.17, 15) is 0 Å². The van der Waals surface area contributed by atoms with Gasteiger partial charge in [0.1, 0.15) is 0 Å². The molecule has 0 aliphatic carbocycles. The van der Waals surface area contributed by atoms with E-state index in [4.69, 9.17) is 34.8 Å². The van der Waals surface area contributed by atoms with E-state index in [-0.39, 0.29) is 16.8 Å². The number of rotatable bonds is 8. The van der Waals surface area contributed by atoms with Crippen molar-refractivity contribution in [3.05, 3.63) is 23.9 Å². The maximum Gasteiger partial charge on any atom is 0.0784 e. The van der Waals surface area contributed by atoms with Crippen molar-refractivity contribution in [1.82, 2.24) is 5.01 Å². The first-order valence-electron chi connectivity index (χ1n) is 7.42. The minimum Gasteiger partial charge on any atom is -0.261 e. The van der Waals surface area contributed by atoms with Crippen LogP contribution in [0.25, 0.3) is 0 Å². The largest absolute Gasteiger partial charge is 0.261 e. The molecular formula is C16H25Cl3N2. The predicted molar refractivity (Wildman–Crippen MR) is 95.8 cm³/mol. The van der Waals surface area contributed by atoms with Gasteiger partial charge in [-0.3, -0.25) is 5.01 Å². The number of hydrogen-bond acceptors (Lipinski definition) is 2. The first-order valence-corrected chi connectivity index (χ1v) is 8.82. The molecule has 1 aliphatic heterocycles. The summed E-state index contributed by atoms with van der Waals surface area (Å²) in [6.45, 7) is 10.3. The second-order valence-corrected chi connectivity index (χ2v) is 7.17. The van der Waals surface area contributed by atoms with Gasteiger partial charge in [-0.1, -0.05) is 12.7 Å². The van der Waals surface area contributed by atoms with Gasteiger partial charge in [0.05, 0.1) is 11.4 Å². The molecular weight excluding hydrogens is 327 g/mol. The monoisotopic (exact) mass is 350 g/mol. The summed E-state index contributed by atoms with van der Waals surface area (Å²) in [4.78, 5) is 0. The van der Waals surface area contributed by atoms with Crippen molar-refractivity contribution in [2.24, 2.45) is 5.10 Å². The summed E-state index contributed by atoms with van der Waals surface area (Å²) in [6, 6.07) is 0.217. The van der Waals surface area contributed by atoms with Crippen LogP contribution in [0.1, 0.15) is 46.5 Å². The summed E-state index contributed by atoms with van der Waals surface area (Å²) < 4.78 is 0. The maximum absolute atomic E-state index is 6.36. The molecule has 21 heavy (non-hydrogen) atoms. The third-order valence-corrected chi connectivity index (χ3v) is 4.62. The van der Waals surface area contributed by atoms with Crippen molar-refractivity contribution in [3.63, 3.8) is 0 Å². The van der Waals surface area contributed by atoms with Gasteiger partial charge in [0.15, 0.2) is 0 Å². The Hall–Kier alpha value is -0.180. The Morgan fingerprint density at radius 3 is 2.67 bits per heavy atom. The van der Waals surface area contributed by atoms with Crippen LogP contribution >= 0.6 is 34.8 Å². The highest BCUT2D eigenvalue weighted by Crippen LogP contribution is 2.31. The lowest BCUT2D eigenvalue weighted by Crippen LogP contribution is -2.31. The van der Waals surface area contributed by atoms with Crippen LogP contribution in [0.15, 0.2) is 29.0 Å². The van der Waals surface area contributed by atoms with Crippen LogP contribution in [0.2, 0.25) is 0 Å². The molecule has 1 aliphatic rings. The molecule has 0 radical (unpaired) electrons. The number of alkyl halides is 3. The lowest BCUT2D eigenvalue weighted by atomic mass is 9.96. The van der Waals surface area contributed by atoms with Crippen LogP contribution in [-0.4, -0.2) is 33.4 Å². The molecule has 3 atom stereocenters. The van der Waals surface area contributed by atoms with Gasteiger partial charge in [-0.2, -0.15) is 5.10 Å². The van der Waals surface area contributed by atoms with Crippen LogP contribution < -0.4 is 0 Å². The van der Waals surface area contributed by atoms with Crippen LogP contribution in [0.3, 0.4) is 0 Å². The van der Waals surface area contributed by atoms with E-state index in [1.165, 1.54) is 5.57 Å². The predicted octanol–water partition coefficient (Wildman–Crippen LogP) is 5.54. The van der Waals surface area contributed by atoms with Crippen molar-refractivity contribution in [3.8, 4) is 0 Å². The zero-order valence-electron chi connectivity index (χ0n) is 13.1. The molecule has 3 unspecified atom stereocenters. The van der Waals surface area contributed by atoms with Gasteiger partial charge in [0.2, 0.25) is 0 Å². The van der Waals surface area contributed by atoms with Crippen LogP contribution in [0.4, 0.5) is 0 Å². The Labute approximate surface area is 143 Å². The minimum atomic E-state index is -0.176. The second-order valence-electron chi connectivity index (χ2n) is 5.52. The van der Waals surface area contributed by atoms with E-state index in [1.54, 1.807) is 0 Å². The molecule has 0 spiro atoms. The standard InChI is InChI=1S/C16H25Cl3N2/c1-5-14(7-6-11(2)18)16-10-12(3)20-21(16)13(4)15(19)8-9-17/h5,11,15-16H,4,6-10H2,1-3H3/b14-5+. The van der Waals surface area contributed by atoms with Gasteiger partial charge >= 0.3 is 0 Å². The third kappa shape index (κ3) is 5.50. The molecule has 0 fully saturated rings. The molecule has 1 rings (SSSR count). The van der Waals surface area contributed by atoms with E-state index in [0.717, 1.165) is 30.7 Å². The van der Waals surface area contributed by atoms with Gasteiger partial charge in [-0.25, -0.2) is 0 Å². The highest BCUT2D eigenvalue weighted by Gasteiger charge is 2.31. The molecule has 1 heterocycles. The summed E-state index contributed by atoms with van der Waals surface area (Å²) in [6.07, 6.45) is 5.72. The number of halogens is 3. The first kappa shape index (κ1) is 18.9. The number of allylic oxidation sites excluding steroid dienone is 2. The Morgan fingerprint density at radius 1 is 1.48 bits per heavy atom. The summed E-state index contributed by atoms with van der Waals surface area (Å²) in [5.41, 5.74) is 3.28. The van der Waals surface area contributed by atoms with Crippen LogP contribution in [-0.2, 0) is 0 Å². The van der Waals surface area contributed by atoms with E-state index >= 15 is 0 Å². The average Bonchev–Trinajstić information content (AvgIpc) is 2.80. The van der Waals surface area contributed by atoms with E-state index in [1.807, 2.05) is 18.9 Å². The second kappa shape index (κ2) is 9.07. The molecule has 2 nitrogen and oxygen atoms in total. The molecule has 0 aromatic rings. The first-order chi connectivity index (χ1) is 9.90. The number of hydrogen-bond donors (Lipinski definition) is 0.